The molecule has 0 radical (unpaired) electrons. The predicted molar refractivity (Wildman–Crippen MR) is 80.7 cm³/mol. The molecule has 2 atom stereocenters. The molecule has 0 aromatic heterocycles. The van der Waals surface area contributed by atoms with Crippen molar-refractivity contribution >= 4 is 21.4 Å². The normalized spacial score (nSPS) is 24.4. The standard InChI is InChI=1S/C14H20ClNO3S/c1-10-6-16-14(8-19-7-10)12-4-3-11(5-13(12)15)9-20(2,17)18/h3-5,10,14,16H,6-9H2,1-2H3. The first kappa shape index (κ1) is 15.8. The van der Waals surface area contributed by atoms with Crippen LogP contribution >= 0.6 is 11.6 Å². The Morgan fingerprint density at radius 2 is 2.15 bits per heavy atom. The van der Waals surface area contributed by atoms with Crippen LogP contribution in [0, 0.1) is 5.92 Å². The van der Waals surface area contributed by atoms with Crippen LogP contribution in [0.1, 0.15) is 24.1 Å². The van der Waals surface area contributed by atoms with Gasteiger partial charge in [-0.25, -0.2) is 8.42 Å². The summed E-state index contributed by atoms with van der Waals surface area (Å²) in [6.45, 7) is 4.33. The molecule has 1 aliphatic rings. The molecular weight excluding hydrogens is 298 g/mol. The Labute approximate surface area is 125 Å². The highest BCUT2D eigenvalue weighted by molar-refractivity contribution is 7.89. The SMILES string of the molecule is CC1CNC(c2ccc(CS(C)(=O)=O)cc2Cl)COC1. The number of sulfone groups is 1. The number of hydrogen-bond acceptors (Lipinski definition) is 4. The largest absolute Gasteiger partial charge is 0.379 e. The van der Waals surface area contributed by atoms with E-state index in [0.29, 0.717) is 23.1 Å². The summed E-state index contributed by atoms with van der Waals surface area (Å²) in [5.74, 6) is 0.488. The summed E-state index contributed by atoms with van der Waals surface area (Å²) in [6, 6.07) is 5.49. The maximum Gasteiger partial charge on any atom is 0.151 e. The van der Waals surface area contributed by atoms with E-state index in [0.717, 1.165) is 18.7 Å². The summed E-state index contributed by atoms with van der Waals surface area (Å²) in [6.07, 6.45) is 1.22. The zero-order valence-electron chi connectivity index (χ0n) is 11.7. The zero-order valence-corrected chi connectivity index (χ0v) is 13.3. The molecule has 4 nitrogen and oxygen atoms in total. The molecule has 0 spiro atoms. The zero-order chi connectivity index (χ0) is 14.8. The average Bonchev–Trinajstić information content (AvgIpc) is 2.52. The van der Waals surface area contributed by atoms with Crippen LogP contribution in [-0.2, 0) is 20.3 Å². The number of halogens is 1. The maximum atomic E-state index is 11.3. The molecule has 2 rings (SSSR count). The van der Waals surface area contributed by atoms with E-state index in [9.17, 15) is 8.42 Å². The van der Waals surface area contributed by atoms with Crippen molar-refractivity contribution in [3.05, 3.63) is 34.3 Å². The molecule has 20 heavy (non-hydrogen) atoms. The summed E-state index contributed by atoms with van der Waals surface area (Å²) in [5, 5.41) is 4.01. The summed E-state index contributed by atoms with van der Waals surface area (Å²) >= 11 is 6.29. The monoisotopic (exact) mass is 317 g/mol. The molecule has 0 aliphatic carbocycles. The molecule has 1 heterocycles. The van der Waals surface area contributed by atoms with E-state index in [1.54, 1.807) is 6.07 Å². The van der Waals surface area contributed by atoms with Gasteiger partial charge in [-0.15, -0.1) is 0 Å². The summed E-state index contributed by atoms with van der Waals surface area (Å²) in [5.41, 5.74) is 1.67. The van der Waals surface area contributed by atoms with E-state index >= 15 is 0 Å². The number of hydrogen-bond donors (Lipinski definition) is 1. The molecule has 1 N–H and O–H groups in total. The maximum absolute atomic E-state index is 11.3. The minimum absolute atomic E-state index is 0.0125. The van der Waals surface area contributed by atoms with E-state index in [-0.39, 0.29) is 11.8 Å². The van der Waals surface area contributed by atoms with Crippen molar-refractivity contribution in [1.82, 2.24) is 5.32 Å². The van der Waals surface area contributed by atoms with Gasteiger partial charge < -0.3 is 10.1 Å². The van der Waals surface area contributed by atoms with E-state index < -0.39 is 9.84 Å². The van der Waals surface area contributed by atoms with Crippen LogP contribution < -0.4 is 5.32 Å². The van der Waals surface area contributed by atoms with Crippen LogP contribution in [0.3, 0.4) is 0 Å². The van der Waals surface area contributed by atoms with Gasteiger partial charge in [0.25, 0.3) is 0 Å². The molecule has 0 saturated carbocycles. The van der Waals surface area contributed by atoms with Crippen LogP contribution in [-0.4, -0.2) is 34.4 Å². The van der Waals surface area contributed by atoms with Crippen LogP contribution in [0.2, 0.25) is 5.02 Å². The second kappa shape index (κ2) is 6.43. The molecule has 112 valence electrons. The van der Waals surface area contributed by atoms with E-state index in [1.165, 1.54) is 6.26 Å². The van der Waals surface area contributed by atoms with Gasteiger partial charge in [0.1, 0.15) is 0 Å². The van der Waals surface area contributed by atoms with Gasteiger partial charge in [-0.05, 0) is 23.1 Å². The molecule has 1 aromatic carbocycles. The second-order valence-corrected chi connectivity index (χ2v) is 8.08. The molecule has 1 saturated heterocycles. The van der Waals surface area contributed by atoms with Gasteiger partial charge in [-0.1, -0.05) is 30.7 Å². The fourth-order valence-electron chi connectivity index (χ4n) is 2.29. The van der Waals surface area contributed by atoms with Gasteiger partial charge in [0.2, 0.25) is 0 Å². The average molecular weight is 318 g/mol. The Bertz CT molecular complexity index is 574. The highest BCUT2D eigenvalue weighted by atomic mass is 35.5. The smallest absolute Gasteiger partial charge is 0.151 e. The molecule has 0 bridgehead atoms. The summed E-state index contributed by atoms with van der Waals surface area (Å²) in [4.78, 5) is 0. The Morgan fingerprint density at radius 3 is 2.80 bits per heavy atom. The van der Waals surface area contributed by atoms with Gasteiger partial charge in [0, 0.05) is 17.8 Å². The molecule has 6 heteroatoms. The summed E-state index contributed by atoms with van der Waals surface area (Å²) in [7, 11) is -3.04. The van der Waals surface area contributed by atoms with Crippen LogP contribution in [0.15, 0.2) is 18.2 Å². The molecular formula is C14H20ClNO3S. The van der Waals surface area contributed by atoms with E-state index in [1.807, 2.05) is 12.1 Å². The van der Waals surface area contributed by atoms with Gasteiger partial charge >= 0.3 is 0 Å². The fraction of sp³-hybridized carbons (Fsp3) is 0.571. The topological polar surface area (TPSA) is 55.4 Å². The third-order valence-corrected chi connectivity index (χ3v) is 4.45. The Morgan fingerprint density at radius 1 is 1.40 bits per heavy atom. The molecule has 1 aromatic rings. The lowest BCUT2D eigenvalue weighted by atomic mass is 10.1. The van der Waals surface area contributed by atoms with Crippen molar-refractivity contribution in [3.8, 4) is 0 Å². The first-order valence-electron chi connectivity index (χ1n) is 6.62. The second-order valence-electron chi connectivity index (χ2n) is 5.53. The van der Waals surface area contributed by atoms with Crippen LogP contribution in [0.5, 0.6) is 0 Å². The third-order valence-electron chi connectivity index (χ3n) is 3.27. The van der Waals surface area contributed by atoms with Crippen molar-refractivity contribution < 1.29 is 13.2 Å². The van der Waals surface area contributed by atoms with Crippen molar-refractivity contribution in [2.45, 2.75) is 18.7 Å². The number of ether oxygens (including phenoxy) is 1. The molecule has 0 amide bonds. The molecule has 1 fully saturated rings. The van der Waals surface area contributed by atoms with E-state index in [4.69, 9.17) is 16.3 Å². The lowest BCUT2D eigenvalue weighted by Crippen LogP contribution is -2.26. The number of benzene rings is 1. The lowest BCUT2D eigenvalue weighted by Gasteiger charge is -2.18. The number of nitrogens with one attached hydrogen (secondary N) is 1. The minimum atomic E-state index is -3.04. The van der Waals surface area contributed by atoms with Crippen molar-refractivity contribution in [2.24, 2.45) is 5.92 Å². The van der Waals surface area contributed by atoms with Crippen LogP contribution in [0.4, 0.5) is 0 Å². The Kier molecular flexibility index (Phi) is 5.07. The highest BCUT2D eigenvalue weighted by Gasteiger charge is 2.20. The first-order valence-corrected chi connectivity index (χ1v) is 9.06. The number of rotatable bonds is 3. The molecule has 2 unspecified atom stereocenters. The van der Waals surface area contributed by atoms with Gasteiger partial charge in [-0.3, -0.25) is 0 Å². The van der Waals surface area contributed by atoms with Crippen molar-refractivity contribution in [3.63, 3.8) is 0 Å². The minimum Gasteiger partial charge on any atom is -0.379 e. The van der Waals surface area contributed by atoms with E-state index in [2.05, 4.69) is 12.2 Å². The third kappa shape index (κ3) is 4.45. The fourth-order valence-corrected chi connectivity index (χ4v) is 3.41. The van der Waals surface area contributed by atoms with Gasteiger partial charge in [-0.2, -0.15) is 0 Å². The van der Waals surface area contributed by atoms with Gasteiger partial charge in [0.05, 0.1) is 25.0 Å². The lowest BCUT2D eigenvalue weighted by molar-refractivity contribution is 0.113. The Balaban J connectivity index is 2.17. The predicted octanol–water partition coefficient (Wildman–Crippen LogP) is 2.18. The molecule has 1 aliphatic heterocycles. The van der Waals surface area contributed by atoms with Crippen LogP contribution in [0.25, 0.3) is 0 Å². The van der Waals surface area contributed by atoms with Crippen molar-refractivity contribution in [1.29, 1.82) is 0 Å². The Hall–Kier alpha value is -0.620. The van der Waals surface area contributed by atoms with Crippen molar-refractivity contribution in [2.75, 3.05) is 26.0 Å². The first-order chi connectivity index (χ1) is 9.35. The van der Waals surface area contributed by atoms with Gasteiger partial charge in [0.15, 0.2) is 9.84 Å². The highest BCUT2D eigenvalue weighted by Crippen LogP contribution is 2.26. The summed E-state index contributed by atoms with van der Waals surface area (Å²) < 4.78 is 28.2. The quantitative estimate of drug-likeness (QED) is 0.928.